The molecule has 4 heteroatoms. The molecule has 0 aliphatic carbocycles. The van der Waals surface area contributed by atoms with Crippen molar-refractivity contribution < 1.29 is 9.18 Å². The lowest BCUT2D eigenvalue weighted by molar-refractivity contribution is -0.118. The average molecular weight is 220 g/mol. The summed E-state index contributed by atoms with van der Waals surface area (Å²) in [6.07, 6.45) is 0. The molecule has 0 aliphatic rings. The lowest BCUT2D eigenvalue weighted by Gasteiger charge is -2.01. The molecule has 1 rings (SSSR count). The highest BCUT2D eigenvalue weighted by Crippen LogP contribution is 2.15. The van der Waals surface area contributed by atoms with Gasteiger partial charge in [-0.05, 0) is 24.6 Å². The molecule has 0 aromatic heterocycles. The summed E-state index contributed by atoms with van der Waals surface area (Å²) < 4.78 is 13.1. The minimum atomic E-state index is -0.477. The van der Waals surface area contributed by atoms with E-state index in [1.54, 1.807) is 6.92 Å². The molecule has 0 atom stereocenters. The number of nitrogens with one attached hydrogen (secondary N) is 1. The topological polar surface area (TPSA) is 55.1 Å². The van der Waals surface area contributed by atoms with E-state index in [1.165, 1.54) is 19.1 Å². The predicted molar refractivity (Wildman–Crippen MR) is 61.1 cm³/mol. The SMILES string of the molecule is CC(=O)NCC#Cc1cc(F)c(N)cc1C. The van der Waals surface area contributed by atoms with Crippen LogP contribution in [0.2, 0.25) is 0 Å². The fourth-order valence-electron chi connectivity index (χ4n) is 1.15. The average Bonchev–Trinajstić information content (AvgIpc) is 2.19. The van der Waals surface area contributed by atoms with Crippen LogP contribution in [0.5, 0.6) is 0 Å². The van der Waals surface area contributed by atoms with Gasteiger partial charge in [0.25, 0.3) is 0 Å². The standard InChI is InChI=1S/C12H13FN2O/c1-8-6-12(14)11(13)7-10(8)4-3-5-15-9(2)16/h6-7H,5,14H2,1-2H3,(H,15,16). The van der Waals surface area contributed by atoms with Crippen molar-refractivity contribution in [2.24, 2.45) is 0 Å². The molecule has 0 saturated carbocycles. The van der Waals surface area contributed by atoms with Gasteiger partial charge >= 0.3 is 0 Å². The summed E-state index contributed by atoms with van der Waals surface area (Å²) >= 11 is 0. The first kappa shape index (κ1) is 12.1. The van der Waals surface area contributed by atoms with Crippen molar-refractivity contribution in [1.29, 1.82) is 0 Å². The van der Waals surface area contributed by atoms with Gasteiger partial charge in [-0.2, -0.15) is 0 Å². The van der Waals surface area contributed by atoms with E-state index in [2.05, 4.69) is 17.2 Å². The van der Waals surface area contributed by atoms with Crippen LogP contribution in [0.4, 0.5) is 10.1 Å². The Hall–Kier alpha value is -2.02. The maximum Gasteiger partial charge on any atom is 0.217 e. The number of hydrogen-bond donors (Lipinski definition) is 2. The van der Waals surface area contributed by atoms with Crippen molar-refractivity contribution >= 4 is 11.6 Å². The fourth-order valence-corrected chi connectivity index (χ4v) is 1.15. The van der Waals surface area contributed by atoms with E-state index >= 15 is 0 Å². The molecule has 0 aliphatic heterocycles. The molecule has 16 heavy (non-hydrogen) atoms. The van der Waals surface area contributed by atoms with Gasteiger partial charge in [0.2, 0.25) is 5.91 Å². The molecular formula is C12H13FN2O. The zero-order chi connectivity index (χ0) is 12.1. The quantitative estimate of drug-likeness (QED) is 0.552. The Kier molecular flexibility index (Phi) is 3.90. The third-order valence-corrected chi connectivity index (χ3v) is 1.99. The molecule has 84 valence electrons. The maximum absolute atomic E-state index is 13.1. The van der Waals surface area contributed by atoms with Crippen LogP contribution >= 0.6 is 0 Å². The first-order valence-corrected chi connectivity index (χ1v) is 4.79. The van der Waals surface area contributed by atoms with E-state index in [0.29, 0.717) is 5.56 Å². The summed E-state index contributed by atoms with van der Waals surface area (Å²) in [5.74, 6) is 4.89. The second kappa shape index (κ2) is 5.17. The number of halogens is 1. The highest BCUT2D eigenvalue weighted by atomic mass is 19.1. The third-order valence-electron chi connectivity index (χ3n) is 1.99. The van der Waals surface area contributed by atoms with Gasteiger partial charge in [-0.3, -0.25) is 4.79 Å². The smallest absolute Gasteiger partial charge is 0.217 e. The molecule has 1 aromatic carbocycles. The molecule has 0 unspecified atom stereocenters. The minimum absolute atomic E-state index is 0.116. The number of anilines is 1. The van der Waals surface area contributed by atoms with Crippen LogP contribution in [0.3, 0.4) is 0 Å². The summed E-state index contributed by atoms with van der Waals surface area (Å²) in [5.41, 5.74) is 6.91. The lowest BCUT2D eigenvalue weighted by atomic mass is 10.1. The normalized spacial score (nSPS) is 9.19. The molecule has 1 amide bonds. The second-order valence-corrected chi connectivity index (χ2v) is 3.40. The number of carbonyl (C=O) groups excluding carboxylic acids is 1. The molecule has 0 spiro atoms. The highest BCUT2D eigenvalue weighted by Gasteiger charge is 2.02. The molecule has 0 bridgehead atoms. The molecule has 3 nitrogen and oxygen atoms in total. The van der Waals surface area contributed by atoms with Crippen molar-refractivity contribution in [2.45, 2.75) is 13.8 Å². The van der Waals surface area contributed by atoms with Gasteiger partial charge < -0.3 is 11.1 Å². The summed E-state index contributed by atoms with van der Waals surface area (Å²) in [4.78, 5) is 10.6. The van der Waals surface area contributed by atoms with E-state index in [4.69, 9.17) is 5.73 Å². The monoisotopic (exact) mass is 220 g/mol. The van der Waals surface area contributed by atoms with Crippen molar-refractivity contribution in [3.05, 3.63) is 29.1 Å². The number of nitrogens with two attached hydrogens (primary N) is 1. The molecule has 3 N–H and O–H groups in total. The number of carbonyl (C=O) groups is 1. The summed E-state index contributed by atoms with van der Waals surface area (Å²) in [6, 6.07) is 2.84. The Morgan fingerprint density at radius 2 is 2.25 bits per heavy atom. The number of rotatable bonds is 1. The maximum atomic E-state index is 13.1. The van der Waals surface area contributed by atoms with E-state index < -0.39 is 5.82 Å². The molecular weight excluding hydrogens is 207 g/mol. The van der Waals surface area contributed by atoms with E-state index in [-0.39, 0.29) is 18.1 Å². The van der Waals surface area contributed by atoms with Crippen molar-refractivity contribution in [3.63, 3.8) is 0 Å². The van der Waals surface area contributed by atoms with Gasteiger partial charge in [0.1, 0.15) is 5.82 Å². The predicted octanol–water partition coefficient (Wildman–Crippen LogP) is 1.20. The van der Waals surface area contributed by atoms with Crippen molar-refractivity contribution in [1.82, 2.24) is 5.32 Å². The second-order valence-electron chi connectivity index (χ2n) is 3.40. The Morgan fingerprint density at radius 3 is 2.88 bits per heavy atom. The summed E-state index contributed by atoms with van der Waals surface area (Å²) in [6.45, 7) is 3.47. The van der Waals surface area contributed by atoms with Crippen molar-refractivity contribution in [3.8, 4) is 11.8 Å². The number of amides is 1. The Balaban J connectivity index is 2.81. The first-order valence-electron chi connectivity index (χ1n) is 4.79. The zero-order valence-electron chi connectivity index (χ0n) is 9.23. The number of nitrogen functional groups attached to an aromatic ring is 1. The van der Waals surface area contributed by atoms with Gasteiger partial charge in [-0.25, -0.2) is 4.39 Å². The molecule has 0 radical (unpaired) electrons. The van der Waals surface area contributed by atoms with Crippen LogP contribution in [0.25, 0.3) is 0 Å². The Bertz CT molecular complexity index is 472. The van der Waals surface area contributed by atoms with Gasteiger partial charge in [0, 0.05) is 12.5 Å². The molecule has 0 heterocycles. The number of benzene rings is 1. The molecule has 0 saturated heterocycles. The van der Waals surface area contributed by atoms with Crippen molar-refractivity contribution in [2.75, 3.05) is 12.3 Å². The van der Waals surface area contributed by atoms with Gasteiger partial charge in [0.05, 0.1) is 12.2 Å². The first-order chi connectivity index (χ1) is 7.50. The van der Waals surface area contributed by atoms with Gasteiger partial charge in [-0.15, -0.1) is 0 Å². The van der Waals surface area contributed by atoms with E-state index in [9.17, 15) is 9.18 Å². The fraction of sp³-hybridized carbons (Fsp3) is 0.250. The van der Waals surface area contributed by atoms with E-state index in [0.717, 1.165) is 5.56 Å². The largest absolute Gasteiger partial charge is 0.396 e. The lowest BCUT2D eigenvalue weighted by Crippen LogP contribution is -2.19. The zero-order valence-corrected chi connectivity index (χ0v) is 9.23. The van der Waals surface area contributed by atoms with Crippen LogP contribution in [-0.4, -0.2) is 12.5 Å². The van der Waals surface area contributed by atoms with Gasteiger partial charge in [-0.1, -0.05) is 11.8 Å². The third kappa shape index (κ3) is 3.28. The Labute approximate surface area is 93.8 Å². The number of aryl methyl sites for hydroxylation is 1. The van der Waals surface area contributed by atoms with Crippen LogP contribution in [0, 0.1) is 24.6 Å². The van der Waals surface area contributed by atoms with Crippen LogP contribution in [0.1, 0.15) is 18.1 Å². The van der Waals surface area contributed by atoms with Crippen LogP contribution in [0.15, 0.2) is 12.1 Å². The Morgan fingerprint density at radius 1 is 1.56 bits per heavy atom. The summed E-state index contributed by atoms with van der Waals surface area (Å²) in [5, 5.41) is 2.53. The molecule has 0 fully saturated rings. The van der Waals surface area contributed by atoms with Crippen LogP contribution < -0.4 is 11.1 Å². The number of hydrogen-bond acceptors (Lipinski definition) is 2. The molecule has 1 aromatic rings. The minimum Gasteiger partial charge on any atom is -0.396 e. The van der Waals surface area contributed by atoms with Gasteiger partial charge in [0.15, 0.2) is 0 Å². The van der Waals surface area contributed by atoms with E-state index in [1.807, 2.05) is 0 Å². The summed E-state index contributed by atoms with van der Waals surface area (Å²) in [7, 11) is 0. The van der Waals surface area contributed by atoms with Crippen LogP contribution in [-0.2, 0) is 4.79 Å². The highest BCUT2D eigenvalue weighted by molar-refractivity contribution is 5.73.